The molecular weight excluding hydrogens is 285 g/mol. The largest absolute Gasteiger partial charge is 0.346 e. The highest BCUT2D eigenvalue weighted by atomic mass is 35.5. The summed E-state index contributed by atoms with van der Waals surface area (Å²) in [6.07, 6.45) is 0.368. The van der Waals surface area contributed by atoms with Crippen LogP contribution in [-0.4, -0.2) is 17.7 Å². The van der Waals surface area contributed by atoms with Gasteiger partial charge in [-0.3, -0.25) is 9.59 Å². The fraction of sp³-hybridized carbons (Fsp3) is 0.429. The number of amides is 1. The van der Waals surface area contributed by atoms with Crippen molar-refractivity contribution in [1.29, 1.82) is 0 Å². The summed E-state index contributed by atoms with van der Waals surface area (Å²) in [7, 11) is 0. The van der Waals surface area contributed by atoms with Gasteiger partial charge in [0.05, 0.1) is 6.04 Å². The van der Waals surface area contributed by atoms with Gasteiger partial charge in [0.25, 0.3) is 0 Å². The molecule has 0 aromatic heterocycles. The molecule has 1 rings (SSSR count). The zero-order valence-corrected chi connectivity index (χ0v) is 12.7. The Hall–Kier alpha value is -1.06. The molecule has 0 aliphatic heterocycles. The molecule has 0 aliphatic carbocycles. The maximum atomic E-state index is 12.1. The van der Waals surface area contributed by atoms with Crippen molar-refractivity contribution in [3.8, 4) is 0 Å². The summed E-state index contributed by atoms with van der Waals surface area (Å²) in [4.78, 5) is 23.3. The molecule has 0 aliphatic rings. The first-order valence-electron chi connectivity index (χ1n) is 6.06. The number of hydrogen-bond acceptors (Lipinski definition) is 2. The van der Waals surface area contributed by atoms with E-state index < -0.39 is 6.04 Å². The van der Waals surface area contributed by atoms with Crippen LogP contribution in [-0.2, 0) is 16.0 Å². The topological polar surface area (TPSA) is 46.2 Å². The quantitative estimate of drug-likeness (QED) is 0.907. The first kappa shape index (κ1) is 16.0. The monoisotopic (exact) mass is 301 g/mol. The molecule has 5 heteroatoms. The predicted octanol–water partition coefficient (Wildman–Crippen LogP) is 3.27. The summed E-state index contributed by atoms with van der Waals surface area (Å²) < 4.78 is 0. The van der Waals surface area contributed by atoms with Crippen molar-refractivity contribution in [1.82, 2.24) is 5.32 Å². The molecule has 0 fully saturated rings. The second-order valence-electron chi connectivity index (χ2n) is 4.75. The molecule has 19 heavy (non-hydrogen) atoms. The van der Waals surface area contributed by atoms with Crippen LogP contribution >= 0.6 is 23.2 Å². The molecule has 3 nitrogen and oxygen atoms in total. The van der Waals surface area contributed by atoms with Gasteiger partial charge in [0, 0.05) is 29.3 Å². The Morgan fingerprint density at radius 3 is 2.37 bits per heavy atom. The number of hydrogen-bond donors (Lipinski definition) is 1. The molecular formula is C14H17Cl2NO2. The fourth-order valence-electron chi connectivity index (χ4n) is 1.78. The van der Waals surface area contributed by atoms with Gasteiger partial charge in [-0.2, -0.15) is 0 Å². The van der Waals surface area contributed by atoms with Gasteiger partial charge in [0.2, 0.25) is 5.91 Å². The van der Waals surface area contributed by atoms with Crippen LogP contribution in [0.15, 0.2) is 18.2 Å². The third-order valence-corrected chi connectivity index (χ3v) is 3.32. The van der Waals surface area contributed by atoms with Crippen molar-refractivity contribution in [2.45, 2.75) is 33.2 Å². The van der Waals surface area contributed by atoms with E-state index in [1.165, 1.54) is 6.92 Å². The number of rotatable bonds is 5. The van der Waals surface area contributed by atoms with E-state index in [9.17, 15) is 9.59 Å². The van der Waals surface area contributed by atoms with Crippen LogP contribution in [0.2, 0.25) is 10.0 Å². The molecule has 1 aromatic rings. The molecule has 0 heterocycles. The SMILES string of the molecule is CC(=O)N[C@H](Cc1ccc(Cl)cc1Cl)C(=O)C(C)C. The lowest BCUT2D eigenvalue weighted by Crippen LogP contribution is -2.43. The second-order valence-corrected chi connectivity index (χ2v) is 5.59. The normalized spacial score (nSPS) is 12.3. The standard InChI is InChI=1S/C14H17Cl2NO2/c1-8(2)14(19)13(17-9(3)18)6-10-4-5-11(15)7-12(10)16/h4-5,7-8,13H,6H2,1-3H3,(H,17,18)/t13-/m1/s1. The van der Waals surface area contributed by atoms with Crippen LogP contribution in [0.4, 0.5) is 0 Å². The summed E-state index contributed by atoms with van der Waals surface area (Å²) in [5.74, 6) is -0.395. The minimum Gasteiger partial charge on any atom is -0.346 e. The Labute approximate surface area is 123 Å². The molecule has 1 N–H and O–H groups in total. The van der Waals surface area contributed by atoms with Crippen LogP contribution < -0.4 is 5.32 Å². The highest BCUT2D eigenvalue weighted by molar-refractivity contribution is 6.35. The molecule has 0 saturated carbocycles. The smallest absolute Gasteiger partial charge is 0.217 e. The molecule has 1 amide bonds. The highest BCUT2D eigenvalue weighted by Crippen LogP contribution is 2.22. The number of ketones is 1. The van der Waals surface area contributed by atoms with E-state index in [2.05, 4.69) is 5.32 Å². The van der Waals surface area contributed by atoms with E-state index in [1.807, 2.05) is 0 Å². The van der Waals surface area contributed by atoms with Crippen LogP contribution in [0, 0.1) is 5.92 Å². The third kappa shape index (κ3) is 4.84. The Morgan fingerprint density at radius 1 is 1.26 bits per heavy atom. The summed E-state index contributed by atoms with van der Waals surface area (Å²) >= 11 is 11.9. The van der Waals surface area contributed by atoms with Gasteiger partial charge in [-0.15, -0.1) is 0 Å². The molecule has 1 aromatic carbocycles. The van der Waals surface area contributed by atoms with Gasteiger partial charge in [0.1, 0.15) is 0 Å². The maximum Gasteiger partial charge on any atom is 0.217 e. The summed E-state index contributed by atoms with van der Waals surface area (Å²) in [6, 6.07) is 4.56. The summed E-state index contributed by atoms with van der Waals surface area (Å²) in [5, 5.41) is 3.71. The number of benzene rings is 1. The maximum absolute atomic E-state index is 12.1. The van der Waals surface area contributed by atoms with Gasteiger partial charge in [0.15, 0.2) is 5.78 Å². The van der Waals surface area contributed by atoms with Gasteiger partial charge in [-0.25, -0.2) is 0 Å². The second kappa shape index (κ2) is 6.92. The van der Waals surface area contributed by atoms with E-state index in [-0.39, 0.29) is 17.6 Å². The molecule has 0 unspecified atom stereocenters. The average molecular weight is 302 g/mol. The van der Waals surface area contributed by atoms with E-state index in [0.717, 1.165) is 5.56 Å². The zero-order valence-electron chi connectivity index (χ0n) is 11.2. The Kier molecular flexibility index (Phi) is 5.83. The molecule has 104 valence electrons. The minimum absolute atomic E-state index is 0.0128. The van der Waals surface area contributed by atoms with Crippen molar-refractivity contribution in [2.24, 2.45) is 5.92 Å². The number of halogens is 2. The van der Waals surface area contributed by atoms with Crippen molar-refractivity contribution in [3.05, 3.63) is 33.8 Å². The van der Waals surface area contributed by atoms with Crippen LogP contribution in [0.25, 0.3) is 0 Å². The van der Waals surface area contributed by atoms with Crippen molar-refractivity contribution >= 4 is 34.9 Å². The molecule has 0 bridgehead atoms. The molecule has 1 atom stereocenters. The number of carbonyl (C=O) groups is 2. The average Bonchev–Trinajstić information content (AvgIpc) is 2.29. The Bertz CT molecular complexity index is 486. The molecule has 0 saturated heterocycles. The Balaban J connectivity index is 2.93. The van der Waals surface area contributed by atoms with E-state index in [1.54, 1.807) is 32.0 Å². The van der Waals surface area contributed by atoms with Gasteiger partial charge < -0.3 is 5.32 Å². The van der Waals surface area contributed by atoms with E-state index in [0.29, 0.717) is 16.5 Å². The predicted molar refractivity (Wildman–Crippen MR) is 77.6 cm³/mol. The fourth-order valence-corrected chi connectivity index (χ4v) is 2.26. The van der Waals surface area contributed by atoms with Crippen LogP contribution in [0.5, 0.6) is 0 Å². The van der Waals surface area contributed by atoms with E-state index >= 15 is 0 Å². The lowest BCUT2D eigenvalue weighted by Gasteiger charge is -2.19. The summed E-state index contributed by atoms with van der Waals surface area (Å²) in [6.45, 7) is 5.01. The lowest BCUT2D eigenvalue weighted by atomic mass is 9.95. The minimum atomic E-state index is -0.559. The van der Waals surface area contributed by atoms with Crippen molar-refractivity contribution in [3.63, 3.8) is 0 Å². The van der Waals surface area contributed by atoms with Gasteiger partial charge >= 0.3 is 0 Å². The molecule has 0 radical (unpaired) electrons. The number of Topliss-reactive ketones (excluding diaryl/α,β-unsaturated/α-hetero) is 1. The number of carbonyl (C=O) groups excluding carboxylic acids is 2. The lowest BCUT2D eigenvalue weighted by molar-refractivity contribution is -0.128. The third-order valence-electron chi connectivity index (χ3n) is 2.73. The van der Waals surface area contributed by atoms with Crippen LogP contribution in [0.1, 0.15) is 26.3 Å². The highest BCUT2D eigenvalue weighted by Gasteiger charge is 2.23. The zero-order chi connectivity index (χ0) is 14.6. The van der Waals surface area contributed by atoms with Crippen LogP contribution in [0.3, 0.4) is 0 Å². The van der Waals surface area contributed by atoms with Gasteiger partial charge in [-0.05, 0) is 17.7 Å². The van der Waals surface area contributed by atoms with E-state index in [4.69, 9.17) is 23.2 Å². The van der Waals surface area contributed by atoms with Crippen molar-refractivity contribution in [2.75, 3.05) is 0 Å². The number of nitrogens with one attached hydrogen (secondary N) is 1. The Morgan fingerprint density at radius 2 is 1.89 bits per heavy atom. The molecule has 0 spiro atoms. The van der Waals surface area contributed by atoms with Crippen molar-refractivity contribution < 1.29 is 9.59 Å². The first-order chi connectivity index (χ1) is 8.81. The first-order valence-corrected chi connectivity index (χ1v) is 6.81. The summed E-state index contributed by atoms with van der Waals surface area (Å²) in [5.41, 5.74) is 0.791. The van der Waals surface area contributed by atoms with Gasteiger partial charge in [-0.1, -0.05) is 43.1 Å².